The summed E-state index contributed by atoms with van der Waals surface area (Å²) in [4.78, 5) is 7.09. The summed E-state index contributed by atoms with van der Waals surface area (Å²) >= 11 is 1.97. The SMILES string of the molecule is CSC1CCC(NC(=NCc2nnc(C)n2C)NCCCN(C)c2ccccc2)C1. The number of aliphatic imine (C=N–C) groups is 1. The van der Waals surface area contributed by atoms with Crippen LogP contribution in [0.15, 0.2) is 35.3 Å². The van der Waals surface area contributed by atoms with E-state index < -0.39 is 0 Å². The minimum absolute atomic E-state index is 0.488. The molecule has 1 aromatic carbocycles. The number of guanidine groups is 1. The molecule has 1 aromatic heterocycles. The number of para-hydroxylation sites is 1. The minimum atomic E-state index is 0.488. The Balaban J connectivity index is 1.53. The van der Waals surface area contributed by atoms with Crippen LogP contribution in [0.1, 0.15) is 37.3 Å². The highest BCUT2D eigenvalue weighted by molar-refractivity contribution is 7.99. The van der Waals surface area contributed by atoms with E-state index in [1.165, 1.54) is 24.9 Å². The van der Waals surface area contributed by atoms with Gasteiger partial charge in [-0.25, -0.2) is 4.99 Å². The summed E-state index contributed by atoms with van der Waals surface area (Å²) in [5.41, 5.74) is 1.25. The number of thioether (sulfide) groups is 1. The Morgan fingerprint density at radius 2 is 2.07 bits per heavy atom. The van der Waals surface area contributed by atoms with Crippen molar-refractivity contribution in [3.05, 3.63) is 42.0 Å². The first kappa shape index (κ1) is 22.5. The van der Waals surface area contributed by atoms with Gasteiger partial charge in [0.05, 0.1) is 0 Å². The summed E-state index contributed by atoms with van der Waals surface area (Å²) in [5, 5.41) is 16.3. The zero-order chi connectivity index (χ0) is 21.3. The molecule has 0 aliphatic heterocycles. The number of nitrogens with zero attached hydrogens (tertiary/aromatic N) is 5. The van der Waals surface area contributed by atoms with Crippen molar-refractivity contribution >= 4 is 23.4 Å². The number of aromatic nitrogens is 3. The second-order valence-electron chi connectivity index (χ2n) is 7.94. The van der Waals surface area contributed by atoms with Gasteiger partial charge in [0, 0.05) is 44.2 Å². The first-order chi connectivity index (χ1) is 14.6. The van der Waals surface area contributed by atoms with E-state index in [1.807, 2.05) is 30.3 Å². The molecule has 2 N–H and O–H groups in total. The maximum Gasteiger partial charge on any atom is 0.191 e. The van der Waals surface area contributed by atoms with Crippen LogP contribution in [0.5, 0.6) is 0 Å². The second kappa shape index (κ2) is 11.2. The van der Waals surface area contributed by atoms with Gasteiger partial charge in [0.2, 0.25) is 0 Å². The van der Waals surface area contributed by atoms with Crippen molar-refractivity contribution in [3.63, 3.8) is 0 Å². The molecule has 2 atom stereocenters. The zero-order valence-electron chi connectivity index (χ0n) is 18.6. The largest absolute Gasteiger partial charge is 0.375 e. The third-order valence-electron chi connectivity index (χ3n) is 5.78. The highest BCUT2D eigenvalue weighted by Gasteiger charge is 2.24. The minimum Gasteiger partial charge on any atom is -0.375 e. The van der Waals surface area contributed by atoms with Crippen LogP contribution in [0.25, 0.3) is 0 Å². The van der Waals surface area contributed by atoms with Gasteiger partial charge in [-0.05, 0) is 51.0 Å². The molecule has 8 heteroatoms. The highest BCUT2D eigenvalue weighted by Crippen LogP contribution is 2.28. The molecule has 30 heavy (non-hydrogen) atoms. The van der Waals surface area contributed by atoms with E-state index in [1.54, 1.807) is 0 Å². The average Bonchev–Trinajstić information content (AvgIpc) is 3.36. The molecule has 164 valence electrons. The predicted molar refractivity (Wildman–Crippen MR) is 127 cm³/mol. The van der Waals surface area contributed by atoms with Crippen LogP contribution in [-0.4, -0.2) is 58.4 Å². The monoisotopic (exact) mass is 429 g/mol. The molecule has 1 aliphatic carbocycles. The Hall–Kier alpha value is -2.22. The van der Waals surface area contributed by atoms with Crippen LogP contribution >= 0.6 is 11.8 Å². The van der Waals surface area contributed by atoms with Crippen LogP contribution in [0, 0.1) is 6.92 Å². The first-order valence-corrected chi connectivity index (χ1v) is 12.0. The molecule has 1 heterocycles. The highest BCUT2D eigenvalue weighted by atomic mass is 32.2. The molecule has 7 nitrogen and oxygen atoms in total. The Kier molecular flexibility index (Phi) is 8.42. The van der Waals surface area contributed by atoms with Crippen LogP contribution in [0.4, 0.5) is 5.69 Å². The fourth-order valence-electron chi connectivity index (χ4n) is 3.70. The van der Waals surface area contributed by atoms with Crippen molar-refractivity contribution in [2.24, 2.45) is 12.0 Å². The van der Waals surface area contributed by atoms with E-state index >= 15 is 0 Å². The summed E-state index contributed by atoms with van der Waals surface area (Å²) in [6.45, 7) is 4.35. The topological polar surface area (TPSA) is 70.4 Å². The lowest BCUT2D eigenvalue weighted by Crippen LogP contribution is -2.43. The van der Waals surface area contributed by atoms with Gasteiger partial charge < -0.3 is 20.1 Å². The van der Waals surface area contributed by atoms with Crippen LogP contribution in [-0.2, 0) is 13.6 Å². The summed E-state index contributed by atoms with van der Waals surface area (Å²) in [7, 11) is 4.13. The Bertz CT molecular complexity index is 805. The number of hydrogen-bond acceptors (Lipinski definition) is 5. The molecule has 0 spiro atoms. The Morgan fingerprint density at radius 3 is 2.73 bits per heavy atom. The summed E-state index contributed by atoms with van der Waals surface area (Å²) < 4.78 is 2.00. The van der Waals surface area contributed by atoms with Crippen molar-refractivity contribution < 1.29 is 0 Å². The molecule has 0 saturated heterocycles. The second-order valence-corrected chi connectivity index (χ2v) is 9.07. The smallest absolute Gasteiger partial charge is 0.191 e. The molecule has 0 bridgehead atoms. The van der Waals surface area contributed by atoms with Gasteiger partial charge in [-0.2, -0.15) is 11.8 Å². The lowest BCUT2D eigenvalue weighted by Gasteiger charge is -2.21. The average molecular weight is 430 g/mol. The van der Waals surface area contributed by atoms with Gasteiger partial charge in [-0.1, -0.05) is 18.2 Å². The van der Waals surface area contributed by atoms with Crippen molar-refractivity contribution in [2.75, 3.05) is 31.3 Å². The predicted octanol–water partition coefficient (Wildman–Crippen LogP) is 2.97. The number of rotatable bonds is 9. The summed E-state index contributed by atoms with van der Waals surface area (Å²) in [6, 6.07) is 11.0. The molecule has 1 aliphatic rings. The van der Waals surface area contributed by atoms with E-state index in [0.717, 1.165) is 42.4 Å². The molecule has 2 unspecified atom stereocenters. The van der Waals surface area contributed by atoms with E-state index in [9.17, 15) is 0 Å². The third kappa shape index (κ3) is 6.39. The zero-order valence-corrected chi connectivity index (χ0v) is 19.5. The fraction of sp³-hybridized carbons (Fsp3) is 0.591. The number of nitrogens with one attached hydrogen (secondary N) is 2. The normalized spacial score (nSPS) is 19.1. The lowest BCUT2D eigenvalue weighted by atomic mass is 10.2. The molecular weight excluding hydrogens is 394 g/mol. The Morgan fingerprint density at radius 1 is 1.27 bits per heavy atom. The molecule has 1 saturated carbocycles. The van der Waals surface area contributed by atoms with Crippen LogP contribution in [0.3, 0.4) is 0 Å². The van der Waals surface area contributed by atoms with Crippen LogP contribution < -0.4 is 15.5 Å². The first-order valence-electron chi connectivity index (χ1n) is 10.8. The fourth-order valence-corrected chi connectivity index (χ4v) is 4.50. The quantitative estimate of drug-likeness (QED) is 0.363. The number of hydrogen-bond donors (Lipinski definition) is 2. The van der Waals surface area contributed by atoms with Crippen molar-refractivity contribution in [1.29, 1.82) is 0 Å². The molecule has 2 aromatic rings. The summed E-state index contributed by atoms with van der Waals surface area (Å²) in [5.74, 6) is 2.67. The van der Waals surface area contributed by atoms with E-state index in [0.29, 0.717) is 12.6 Å². The van der Waals surface area contributed by atoms with Gasteiger partial charge in [-0.15, -0.1) is 10.2 Å². The summed E-state index contributed by atoms with van der Waals surface area (Å²) in [6.07, 6.45) is 6.91. The van der Waals surface area contributed by atoms with Gasteiger partial charge in [-0.3, -0.25) is 0 Å². The third-order valence-corrected chi connectivity index (χ3v) is 6.87. The van der Waals surface area contributed by atoms with Gasteiger partial charge in [0.15, 0.2) is 11.8 Å². The van der Waals surface area contributed by atoms with Crippen molar-refractivity contribution in [1.82, 2.24) is 25.4 Å². The van der Waals surface area contributed by atoms with Crippen molar-refractivity contribution in [2.45, 2.75) is 50.4 Å². The molecular formula is C22H35N7S. The maximum absolute atomic E-state index is 4.81. The molecule has 3 rings (SSSR count). The van der Waals surface area contributed by atoms with Gasteiger partial charge in [0.25, 0.3) is 0 Å². The molecule has 1 fully saturated rings. The Labute approximate surface area is 184 Å². The van der Waals surface area contributed by atoms with E-state index in [-0.39, 0.29) is 0 Å². The standard InChI is InChI=1S/C22H35N7S/c1-17-26-27-21(29(17)3)16-24-22(25-18-11-12-20(15-18)30-4)23-13-8-14-28(2)19-9-6-5-7-10-19/h5-7,9-10,18,20H,8,11-16H2,1-4H3,(H2,23,24,25). The molecule has 0 radical (unpaired) electrons. The number of aryl methyl sites for hydroxylation is 1. The van der Waals surface area contributed by atoms with Crippen molar-refractivity contribution in [3.8, 4) is 0 Å². The lowest BCUT2D eigenvalue weighted by molar-refractivity contribution is 0.607. The van der Waals surface area contributed by atoms with Crippen LogP contribution in [0.2, 0.25) is 0 Å². The number of benzene rings is 1. The molecule has 0 amide bonds. The van der Waals surface area contributed by atoms with E-state index in [4.69, 9.17) is 4.99 Å². The van der Waals surface area contributed by atoms with E-state index in [2.05, 4.69) is 69.4 Å². The van der Waals surface area contributed by atoms with Gasteiger partial charge in [0.1, 0.15) is 12.4 Å². The van der Waals surface area contributed by atoms with Gasteiger partial charge >= 0.3 is 0 Å². The maximum atomic E-state index is 4.81. The number of anilines is 1.